The zero-order chi connectivity index (χ0) is 21.8. The van der Waals surface area contributed by atoms with Gasteiger partial charge >= 0.3 is 0 Å². The van der Waals surface area contributed by atoms with Crippen LogP contribution >= 0.6 is 0 Å². The van der Waals surface area contributed by atoms with Crippen molar-refractivity contribution >= 4 is 5.96 Å². The molecule has 0 amide bonds. The largest absolute Gasteiger partial charge is 0.496 e. The van der Waals surface area contributed by atoms with Crippen LogP contribution in [0.2, 0.25) is 0 Å². The molecule has 0 aliphatic heterocycles. The van der Waals surface area contributed by atoms with Crippen LogP contribution in [0.3, 0.4) is 0 Å². The first-order chi connectivity index (χ1) is 14.5. The number of aliphatic imine (C=N–C) groups is 1. The molecule has 30 heavy (non-hydrogen) atoms. The molecular formula is C24H35N3O3. The number of nitrogens with zero attached hydrogens (tertiary/aromatic N) is 1. The van der Waals surface area contributed by atoms with Gasteiger partial charge in [-0.2, -0.15) is 0 Å². The van der Waals surface area contributed by atoms with Gasteiger partial charge in [-0.25, -0.2) is 0 Å². The summed E-state index contributed by atoms with van der Waals surface area (Å²) in [6, 6.07) is 16.2. The van der Waals surface area contributed by atoms with Crippen molar-refractivity contribution in [3.63, 3.8) is 0 Å². The molecule has 2 rings (SSSR count). The van der Waals surface area contributed by atoms with Crippen LogP contribution in [0.5, 0.6) is 5.75 Å². The number of ether oxygens (including phenoxy) is 2. The second-order valence-electron chi connectivity index (χ2n) is 7.24. The van der Waals surface area contributed by atoms with Gasteiger partial charge in [0.25, 0.3) is 0 Å². The molecule has 0 heterocycles. The van der Waals surface area contributed by atoms with Crippen LogP contribution in [0.1, 0.15) is 36.6 Å². The van der Waals surface area contributed by atoms with Crippen LogP contribution in [-0.4, -0.2) is 50.5 Å². The summed E-state index contributed by atoms with van der Waals surface area (Å²) in [6.07, 6.45) is 0.122. The van der Waals surface area contributed by atoms with E-state index in [0.717, 1.165) is 36.4 Å². The smallest absolute Gasteiger partial charge is 0.191 e. The van der Waals surface area contributed by atoms with Gasteiger partial charge in [-0.05, 0) is 49.9 Å². The highest BCUT2D eigenvalue weighted by atomic mass is 16.5. The van der Waals surface area contributed by atoms with Crippen molar-refractivity contribution in [3.05, 3.63) is 65.2 Å². The number of aryl methyl sites for hydroxylation is 1. The number of rotatable bonds is 11. The zero-order valence-corrected chi connectivity index (χ0v) is 18.5. The minimum atomic E-state index is -0.659. The fourth-order valence-electron chi connectivity index (χ4n) is 3.01. The second kappa shape index (κ2) is 12.9. The molecule has 2 atom stereocenters. The Balaban J connectivity index is 1.78. The van der Waals surface area contributed by atoms with E-state index in [0.29, 0.717) is 5.96 Å². The third kappa shape index (κ3) is 8.05. The Kier molecular flexibility index (Phi) is 10.2. The third-order valence-electron chi connectivity index (χ3n) is 4.79. The summed E-state index contributed by atoms with van der Waals surface area (Å²) >= 11 is 0. The molecule has 6 heteroatoms. The van der Waals surface area contributed by atoms with E-state index in [1.165, 1.54) is 5.56 Å². The molecule has 0 radical (unpaired) electrons. The summed E-state index contributed by atoms with van der Waals surface area (Å²) in [7, 11) is 1.69. The minimum absolute atomic E-state index is 0.0670. The molecule has 6 nitrogen and oxygen atoms in total. The highest BCUT2D eigenvalue weighted by Crippen LogP contribution is 2.19. The molecular weight excluding hydrogens is 378 g/mol. The minimum Gasteiger partial charge on any atom is -0.496 e. The first kappa shape index (κ1) is 23.7. The summed E-state index contributed by atoms with van der Waals surface area (Å²) in [6.45, 7) is 8.03. The van der Waals surface area contributed by atoms with Crippen LogP contribution in [0.15, 0.2) is 53.5 Å². The first-order valence-corrected chi connectivity index (χ1v) is 10.5. The van der Waals surface area contributed by atoms with Crippen molar-refractivity contribution in [3.8, 4) is 5.75 Å². The van der Waals surface area contributed by atoms with E-state index >= 15 is 0 Å². The van der Waals surface area contributed by atoms with Crippen molar-refractivity contribution in [2.24, 2.45) is 4.99 Å². The number of hydrogen-bond donors (Lipinski definition) is 3. The van der Waals surface area contributed by atoms with Crippen LogP contribution in [0, 0.1) is 6.92 Å². The lowest BCUT2D eigenvalue weighted by Gasteiger charge is -2.17. The molecule has 2 aromatic carbocycles. The lowest BCUT2D eigenvalue weighted by atomic mass is 10.1. The molecule has 0 saturated heterocycles. The summed E-state index contributed by atoms with van der Waals surface area (Å²) < 4.78 is 11.2. The normalized spacial score (nSPS) is 13.6. The van der Waals surface area contributed by atoms with E-state index in [9.17, 15) is 5.11 Å². The first-order valence-electron chi connectivity index (χ1n) is 10.5. The second-order valence-corrected chi connectivity index (χ2v) is 7.24. The van der Waals surface area contributed by atoms with E-state index < -0.39 is 6.10 Å². The van der Waals surface area contributed by atoms with Gasteiger partial charge in [0.15, 0.2) is 5.96 Å². The highest BCUT2D eigenvalue weighted by Gasteiger charge is 2.10. The molecule has 2 unspecified atom stereocenters. The SMILES string of the molecule is CCNC(=NCC(O)COC(C)c1ccccc1)NCCc1ccc(C)c(OC)c1. The molecule has 3 N–H and O–H groups in total. The lowest BCUT2D eigenvalue weighted by Crippen LogP contribution is -2.39. The van der Waals surface area contributed by atoms with Gasteiger partial charge in [0, 0.05) is 13.1 Å². The number of nitrogens with one attached hydrogen (secondary N) is 2. The van der Waals surface area contributed by atoms with Crippen molar-refractivity contribution in [2.45, 2.75) is 39.4 Å². The molecule has 0 aromatic heterocycles. The summed E-state index contributed by atoms with van der Waals surface area (Å²) in [5.41, 5.74) is 3.42. The summed E-state index contributed by atoms with van der Waals surface area (Å²) in [5.74, 6) is 1.59. The van der Waals surface area contributed by atoms with Gasteiger partial charge in [0.2, 0.25) is 0 Å². The number of methoxy groups -OCH3 is 1. The third-order valence-corrected chi connectivity index (χ3v) is 4.79. The maximum Gasteiger partial charge on any atom is 0.191 e. The van der Waals surface area contributed by atoms with Crippen LogP contribution in [0.25, 0.3) is 0 Å². The monoisotopic (exact) mass is 413 g/mol. The van der Waals surface area contributed by atoms with E-state index in [2.05, 4.69) is 33.8 Å². The van der Waals surface area contributed by atoms with Crippen molar-refractivity contribution in [1.29, 1.82) is 0 Å². The molecule has 164 valence electrons. The average Bonchev–Trinajstić information content (AvgIpc) is 2.77. The Hall–Kier alpha value is -2.57. The number of aliphatic hydroxyl groups is 1. The number of aliphatic hydroxyl groups excluding tert-OH is 1. The Morgan fingerprint density at radius 1 is 1.13 bits per heavy atom. The number of guanidine groups is 1. The highest BCUT2D eigenvalue weighted by molar-refractivity contribution is 5.79. The molecule has 0 spiro atoms. The molecule has 0 saturated carbocycles. The van der Waals surface area contributed by atoms with E-state index in [1.807, 2.05) is 51.1 Å². The summed E-state index contributed by atoms with van der Waals surface area (Å²) in [5, 5.41) is 16.8. The molecule has 0 aliphatic carbocycles. The van der Waals surface area contributed by atoms with Crippen molar-refractivity contribution in [2.75, 3.05) is 33.4 Å². The van der Waals surface area contributed by atoms with Crippen LogP contribution < -0.4 is 15.4 Å². The van der Waals surface area contributed by atoms with Crippen LogP contribution in [0.4, 0.5) is 0 Å². The van der Waals surface area contributed by atoms with Crippen molar-refractivity contribution in [1.82, 2.24) is 10.6 Å². The van der Waals surface area contributed by atoms with Gasteiger partial charge in [0.05, 0.1) is 32.5 Å². The fraction of sp³-hybridized carbons (Fsp3) is 0.458. The Labute approximate surface area is 180 Å². The van der Waals surface area contributed by atoms with E-state index in [-0.39, 0.29) is 19.3 Å². The summed E-state index contributed by atoms with van der Waals surface area (Å²) in [4.78, 5) is 4.48. The number of hydrogen-bond acceptors (Lipinski definition) is 4. The molecule has 0 bridgehead atoms. The Morgan fingerprint density at radius 3 is 2.60 bits per heavy atom. The van der Waals surface area contributed by atoms with Gasteiger partial charge in [0.1, 0.15) is 5.75 Å². The lowest BCUT2D eigenvalue weighted by molar-refractivity contribution is 0.00112. The predicted octanol–water partition coefficient (Wildman–Crippen LogP) is 3.24. The van der Waals surface area contributed by atoms with Crippen LogP contribution in [-0.2, 0) is 11.2 Å². The Bertz CT molecular complexity index is 781. The standard InChI is InChI=1S/C24H35N3O3/c1-5-25-24(26-14-13-20-12-11-18(2)23(15-20)29-4)27-16-22(28)17-30-19(3)21-9-7-6-8-10-21/h6-12,15,19,22,28H,5,13-14,16-17H2,1-4H3,(H2,25,26,27). The predicted molar refractivity (Wildman–Crippen MR) is 122 cm³/mol. The molecule has 0 aliphatic rings. The van der Waals surface area contributed by atoms with Crippen molar-refractivity contribution < 1.29 is 14.6 Å². The topological polar surface area (TPSA) is 75.1 Å². The zero-order valence-electron chi connectivity index (χ0n) is 18.5. The fourth-order valence-corrected chi connectivity index (χ4v) is 3.01. The van der Waals surface area contributed by atoms with E-state index in [4.69, 9.17) is 9.47 Å². The van der Waals surface area contributed by atoms with Gasteiger partial charge in [-0.15, -0.1) is 0 Å². The van der Waals surface area contributed by atoms with Gasteiger partial charge in [-0.3, -0.25) is 4.99 Å². The van der Waals surface area contributed by atoms with E-state index in [1.54, 1.807) is 7.11 Å². The maximum absolute atomic E-state index is 10.2. The molecule has 2 aromatic rings. The van der Waals surface area contributed by atoms with Gasteiger partial charge < -0.3 is 25.2 Å². The van der Waals surface area contributed by atoms with Gasteiger partial charge in [-0.1, -0.05) is 42.5 Å². The average molecular weight is 414 g/mol. The maximum atomic E-state index is 10.2. The molecule has 0 fully saturated rings. The quantitative estimate of drug-likeness (QED) is 0.390. The Morgan fingerprint density at radius 2 is 1.90 bits per heavy atom. The number of benzene rings is 2.